The Morgan fingerprint density at radius 3 is 2.71 bits per heavy atom. The molecule has 0 saturated carbocycles. The average Bonchev–Trinajstić information content (AvgIpc) is 3.39. The van der Waals surface area contributed by atoms with E-state index in [0.717, 1.165) is 31.0 Å². The molecule has 1 aromatic heterocycles. The zero-order chi connectivity index (χ0) is 29.1. The molecular weight excluding hydrogens is 533 g/mol. The van der Waals surface area contributed by atoms with Crippen LogP contribution in [0, 0.1) is 11.3 Å². The molecule has 0 spiro atoms. The van der Waals surface area contributed by atoms with Crippen LogP contribution in [-0.2, 0) is 23.8 Å². The van der Waals surface area contributed by atoms with Gasteiger partial charge < -0.3 is 19.4 Å². The molecule has 41 heavy (non-hydrogen) atoms. The third kappa shape index (κ3) is 6.17. The molecule has 0 unspecified atom stereocenters. The number of nitrogens with zero attached hydrogens (tertiary/aromatic N) is 6. The normalized spacial score (nSPS) is 23.1. The second-order valence-electron chi connectivity index (χ2n) is 11.1. The SMILES string of the molecule is C=CC(=O)N1CCN(c2nc(OC[C@@H]3CCCN3C)nc3c2CC[C@H](c2ccccc2C(F)(F)F)C3)C[C@@H]1CC#N. The summed E-state index contributed by atoms with van der Waals surface area (Å²) in [5, 5.41) is 9.43. The molecule has 3 heterocycles. The van der Waals surface area contributed by atoms with Gasteiger partial charge in [-0.1, -0.05) is 24.8 Å². The van der Waals surface area contributed by atoms with Gasteiger partial charge in [0.25, 0.3) is 0 Å². The highest BCUT2D eigenvalue weighted by Crippen LogP contribution is 2.42. The number of piperazine rings is 1. The maximum absolute atomic E-state index is 13.9. The van der Waals surface area contributed by atoms with E-state index in [4.69, 9.17) is 14.7 Å². The summed E-state index contributed by atoms with van der Waals surface area (Å²) in [6, 6.07) is 8.08. The van der Waals surface area contributed by atoms with Crippen LogP contribution in [0.5, 0.6) is 6.01 Å². The van der Waals surface area contributed by atoms with Crippen molar-refractivity contribution in [3.63, 3.8) is 0 Å². The fourth-order valence-electron chi connectivity index (χ4n) is 6.37. The Morgan fingerprint density at radius 1 is 1.20 bits per heavy atom. The van der Waals surface area contributed by atoms with Crippen molar-refractivity contribution in [2.45, 2.75) is 62.7 Å². The number of halogens is 3. The van der Waals surface area contributed by atoms with Crippen molar-refractivity contribution in [3.05, 3.63) is 59.3 Å². The minimum Gasteiger partial charge on any atom is -0.462 e. The van der Waals surface area contributed by atoms with Gasteiger partial charge in [0.2, 0.25) is 5.91 Å². The number of alkyl halides is 3. The monoisotopic (exact) mass is 568 g/mol. The Hall–Kier alpha value is -3.65. The minimum atomic E-state index is -4.44. The van der Waals surface area contributed by atoms with Crippen molar-refractivity contribution >= 4 is 11.7 Å². The Balaban J connectivity index is 1.47. The van der Waals surface area contributed by atoms with Crippen molar-refractivity contribution in [2.75, 3.05) is 44.7 Å². The van der Waals surface area contributed by atoms with Gasteiger partial charge in [-0.15, -0.1) is 0 Å². The Morgan fingerprint density at radius 2 is 2.00 bits per heavy atom. The van der Waals surface area contributed by atoms with E-state index in [-0.39, 0.29) is 41.9 Å². The van der Waals surface area contributed by atoms with Crippen LogP contribution < -0.4 is 9.64 Å². The number of hydrogen-bond acceptors (Lipinski definition) is 7. The number of likely N-dealkylation sites (N-methyl/N-ethyl adjacent to an activating group) is 1. The van der Waals surface area contributed by atoms with Crippen molar-refractivity contribution in [3.8, 4) is 12.1 Å². The number of likely N-dealkylation sites (tertiary alicyclic amines) is 1. The third-order valence-corrected chi connectivity index (χ3v) is 8.58. The van der Waals surface area contributed by atoms with Gasteiger partial charge in [-0.3, -0.25) is 4.79 Å². The molecule has 2 fully saturated rings. The number of fused-ring (bicyclic) bond motifs is 1. The molecular formula is C30H35F3N6O2. The molecule has 1 aromatic carbocycles. The van der Waals surface area contributed by atoms with Gasteiger partial charge in [0.1, 0.15) is 12.4 Å². The molecule has 3 atom stereocenters. The molecule has 0 N–H and O–H groups in total. The highest BCUT2D eigenvalue weighted by atomic mass is 19.4. The summed E-state index contributed by atoms with van der Waals surface area (Å²) >= 11 is 0. The first kappa shape index (κ1) is 28.9. The second kappa shape index (κ2) is 12.1. The number of carbonyl (C=O) groups is 1. The predicted octanol–water partition coefficient (Wildman–Crippen LogP) is 4.36. The summed E-state index contributed by atoms with van der Waals surface area (Å²) in [4.78, 5) is 28.0. The van der Waals surface area contributed by atoms with Crippen LogP contribution in [0.2, 0.25) is 0 Å². The van der Waals surface area contributed by atoms with E-state index in [2.05, 4.69) is 29.5 Å². The number of nitriles is 1. The van der Waals surface area contributed by atoms with Crippen LogP contribution in [0.25, 0.3) is 0 Å². The molecule has 1 amide bonds. The summed E-state index contributed by atoms with van der Waals surface area (Å²) in [5.41, 5.74) is 1.27. The molecule has 11 heteroatoms. The summed E-state index contributed by atoms with van der Waals surface area (Å²) in [6.45, 7) is 6.32. The fourth-order valence-corrected chi connectivity index (χ4v) is 6.37. The number of aromatic nitrogens is 2. The number of benzene rings is 1. The summed E-state index contributed by atoms with van der Waals surface area (Å²) in [5.74, 6) is 0.122. The standard InChI is InChI=1S/C30H35F3N6O2/c1-3-27(40)39-16-15-38(18-21(39)12-13-34)28-24-11-10-20(23-8-4-5-9-25(23)30(31,32)33)17-26(24)35-29(36-28)41-19-22-7-6-14-37(22)2/h3-5,8-9,20-22H,1,6-7,10-12,14-19H2,2H3/t20-,21-,22-/m0/s1. The lowest BCUT2D eigenvalue weighted by Crippen LogP contribution is -2.55. The van der Waals surface area contributed by atoms with E-state index in [0.29, 0.717) is 57.0 Å². The Bertz CT molecular complexity index is 1330. The first-order valence-corrected chi connectivity index (χ1v) is 14.1. The molecule has 5 rings (SSSR count). The maximum atomic E-state index is 13.9. The zero-order valence-electron chi connectivity index (χ0n) is 23.2. The van der Waals surface area contributed by atoms with E-state index >= 15 is 0 Å². The van der Waals surface area contributed by atoms with E-state index in [9.17, 15) is 23.2 Å². The van der Waals surface area contributed by atoms with Gasteiger partial charge in [-0.25, -0.2) is 0 Å². The quantitative estimate of drug-likeness (QED) is 0.459. The largest absolute Gasteiger partial charge is 0.462 e. The van der Waals surface area contributed by atoms with E-state index in [1.807, 2.05) is 0 Å². The molecule has 3 aliphatic rings. The Labute approximate surface area is 238 Å². The maximum Gasteiger partial charge on any atom is 0.416 e. The van der Waals surface area contributed by atoms with Crippen molar-refractivity contribution in [1.82, 2.24) is 19.8 Å². The van der Waals surface area contributed by atoms with Crippen molar-refractivity contribution in [1.29, 1.82) is 5.26 Å². The summed E-state index contributed by atoms with van der Waals surface area (Å²) < 4.78 is 47.7. The van der Waals surface area contributed by atoms with Crippen molar-refractivity contribution < 1.29 is 22.7 Å². The van der Waals surface area contributed by atoms with Gasteiger partial charge in [0, 0.05) is 31.2 Å². The lowest BCUT2D eigenvalue weighted by Gasteiger charge is -2.42. The highest BCUT2D eigenvalue weighted by molar-refractivity contribution is 5.87. The number of hydrogen-bond donors (Lipinski definition) is 0. The van der Waals surface area contributed by atoms with Crippen LogP contribution in [0.3, 0.4) is 0 Å². The summed E-state index contributed by atoms with van der Waals surface area (Å²) in [6.07, 6.45) is 0.479. The van der Waals surface area contributed by atoms with Crippen LogP contribution in [-0.4, -0.2) is 77.6 Å². The number of ether oxygens (including phenoxy) is 1. The molecule has 0 radical (unpaired) electrons. The van der Waals surface area contributed by atoms with Gasteiger partial charge >= 0.3 is 12.2 Å². The van der Waals surface area contributed by atoms with Crippen LogP contribution in [0.4, 0.5) is 19.0 Å². The summed E-state index contributed by atoms with van der Waals surface area (Å²) in [7, 11) is 2.06. The van der Waals surface area contributed by atoms with E-state index in [1.54, 1.807) is 17.0 Å². The van der Waals surface area contributed by atoms with Crippen molar-refractivity contribution in [2.24, 2.45) is 0 Å². The van der Waals surface area contributed by atoms with Gasteiger partial charge in [-0.2, -0.15) is 28.4 Å². The lowest BCUT2D eigenvalue weighted by atomic mass is 9.80. The van der Waals surface area contributed by atoms with Gasteiger partial charge in [-0.05, 0) is 69.3 Å². The molecule has 8 nitrogen and oxygen atoms in total. The molecule has 2 aliphatic heterocycles. The predicted molar refractivity (Wildman–Crippen MR) is 148 cm³/mol. The molecule has 2 aromatic rings. The van der Waals surface area contributed by atoms with E-state index < -0.39 is 11.7 Å². The topological polar surface area (TPSA) is 85.6 Å². The molecule has 218 valence electrons. The fraction of sp³-hybridized carbons (Fsp3) is 0.533. The first-order valence-electron chi connectivity index (χ1n) is 14.1. The number of rotatable bonds is 7. The number of anilines is 1. The van der Waals surface area contributed by atoms with Crippen LogP contribution in [0.1, 0.15) is 54.0 Å². The van der Waals surface area contributed by atoms with Gasteiger partial charge in [0.05, 0.1) is 29.8 Å². The lowest BCUT2D eigenvalue weighted by molar-refractivity contribution is -0.138. The third-order valence-electron chi connectivity index (χ3n) is 8.58. The zero-order valence-corrected chi connectivity index (χ0v) is 23.2. The van der Waals surface area contributed by atoms with Crippen LogP contribution >= 0.6 is 0 Å². The number of carbonyl (C=O) groups excluding carboxylic acids is 1. The molecule has 2 saturated heterocycles. The second-order valence-corrected chi connectivity index (χ2v) is 11.1. The average molecular weight is 569 g/mol. The molecule has 1 aliphatic carbocycles. The highest BCUT2D eigenvalue weighted by Gasteiger charge is 2.38. The van der Waals surface area contributed by atoms with Gasteiger partial charge in [0.15, 0.2) is 0 Å². The molecule has 0 bridgehead atoms. The van der Waals surface area contributed by atoms with Crippen LogP contribution in [0.15, 0.2) is 36.9 Å². The smallest absolute Gasteiger partial charge is 0.416 e. The first-order chi connectivity index (χ1) is 19.7. The van der Waals surface area contributed by atoms with E-state index in [1.165, 1.54) is 12.1 Å². The Kier molecular flexibility index (Phi) is 8.50. The number of amides is 1. The minimum absolute atomic E-state index is 0.164.